The van der Waals surface area contributed by atoms with Crippen LogP contribution >= 0.6 is 0 Å². The molecule has 3 heteroatoms. The maximum Gasteiger partial charge on any atom is 0.192 e. The molecule has 1 atom stereocenters. The van der Waals surface area contributed by atoms with E-state index in [-0.39, 0.29) is 11.1 Å². The highest BCUT2D eigenvalue weighted by Gasteiger charge is 2.37. The highest BCUT2D eigenvalue weighted by atomic mass is 28.4. The molecule has 0 N–H and O–H groups in total. The van der Waals surface area contributed by atoms with Gasteiger partial charge in [-0.2, -0.15) is 0 Å². The molecule has 2 nitrogen and oxygen atoms in total. The Kier molecular flexibility index (Phi) is 5.14. The number of hydrogen-bond acceptors (Lipinski definition) is 2. The lowest BCUT2D eigenvalue weighted by Crippen LogP contribution is -2.41. The smallest absolute Gasteiger partial charge is 0.192 e. The summed E-state index contributed by atoms with van der Waals surface area (Å²) in [7, 11) is 0.0459. The van der Waals surface area contributed by atoms with Crippen LogP contribution in [0.4, 0.5) is 0 Å². The standard InChI is InChI=1S/C15H26O2Si/c1-15(2,3)18(5,6)17-12-14(16-4)13-10-8-7-9-11-13/h7-11,14H,12H2,1-6H3/t14-/m1/s1. The molecule has 1 rings (SSSR count). The zero-order valence-electron chi connectivity index (χ0n) is 12.5. The Hall–Kier alpha value is -0.643. The molecule has 0 aliphatic heterocycles. The van der Waals surface area contributed by atoms with Crippen LogP contribution in [0.15, 0.2) is 30.3 Å². The Bertz CT molecular complexity index is 355. The van der Waals surface area contributed by atoms with Crippen LogP contribution in [-0.2, 0) is 9.16 Å². The van der Waals surface area contributed by atoms with E-state index in [2.05, 4.69) is 46.0 Å². The summed E-state index contributed by atoms with van der Waals surface area (Å²) < 4.78 is 11.8. The van der Waals surface area contributed by atoms with Crippen molar-refractivity contribution < 1.29 is 9.16 Å². The molecule has 0 aliphatic rings. The van der Waals surface area contributed by atoms with Gasteiger partial charge in [0.05, 0.1) is 6.61 Å². The van der Waals surface area contributed by atoms with Gasteiger partial charge in [-0.05, 0) is 23.7 Å². The molecule has 0 unspecified atom stereocenters. The number of ether oxygens (including phenoxy) is 1. The van der Waals surface area contributed by atoms with Gasteiger partial charge in [0, 0.05) is 7.11 Å². The molecule has 18 heavy (non-hydrogen) atoms. The SMILES string of the molecule is CO[C@H](CO[Si](C)(C)C(C)(C)C)c1ccccc1. The number of hydrogen-bond donors (Lipinski definition) is 0. The highest BCUT2D eigenvalue weighted by molar-refractivity contribution is 6.74. The second kappa shape index (κ2) is 6.00. The normalized spacial score (nSPS) is 14.6. The predicted molar refractivity (Wildman–Crippen MR) is 79.3 cm³/mol. The van der Waals surface area contributed by atoms with E-state index in [9.17, 15) is 0 Å². The fourth-order valence-electron chi connectivity index (χ4n) is 1.47. The summed E-state index contributed by atoms with van der Waals surface area (Å²) in [6.07, 6.45) is 0.0281. The molecule has 0 heterocycles. The number of benzene rings is 1. The van der Waals surface area contributed by atoms with Crippen molar-refractivity contribution in [1.29, 1.82) is 0 Å². The predicted octanol–water partition coefficient (Wildman–Crippen LogP) is 4.40. The summed E-state index contributed by atoms with van der Waals surface area (Å²) in [4.78, 5) is 0. The van der Waals surface area contributed by atoms with Gasteiger partial charge in [-0.15, -0.1) is 0 Å². The summed E-state index contributed by atoms with van der Waals surface area (Å²) >= 11 is 0. The molecule has 0 bridgehead atoms. The van der Waals surface area contributed by atoms with Crippen LogP contribution in [0, 0.1) is 0 Å². The van der Waals surface area contributed by atoms with Gasteiger partial charge in [0.1, 0.15) is 6.10 Å². The summed E-state index contributed by atoms with van der Waals surface area (Å²) in [5, 5.41) is 0.238. The first-order valence-electron chi connectivity index (χ1n) is 6.49. The summed E-state index contributed by atoms with van der Waals surface area (Å²) in [6.45, 7) is 11.9. The molecule has 0 aromatic heterocycles. The minimum atomic E-state index is -1.70. The third kappa shape index (κ3) is 3.94. The Balaban J connectivity index is 2.67. The Morgan fingerprint density at radius 2 is 1.67 bits per heavy atom. The van der Waals surface area contributed by atoms with E-state index in [4.69, 9.17) is 9.16 Å². The molecule has 0 saturated carbocycles. The van der Waals surface area contributed by atoms with Gasteiger partial charge >= 0.3 is 0 Å². The van der Waals surface area contributed by atoms with Crippen molar-refractivity contribution in [1.82, 2.24) is 0 Å². The van der Waals surface area contributed by atoms with Gasteiger partial charge in [-0.3, -0.25) is 0 Å². The van der Waals surface area contributed by atoms with Gasteiger partial charge in [0.25, 0.3) is 0 Å². The molecule has 1 aromatic rings. The van der Waals surface area contributed by atoms with Gasteiger partial charge in [-0.1, -0.05) is 51.1 Å². The zero-order valence-corrected chi connectivity index (χ0v) is 13.5. The lowest BCUT2D eigenvalue weighted by molar-refractivity contribution is 0.0525. The zero-order chi connectivity index (χ0) is 13.8. The van der Waals surface area contributed by atoms with Crippen molar-refractivity contribution in [2.75, 3.05) is 13.7 Å². The van der Waals surface area contributed by atoms with E-state index >= 15 is 0 Å². The quantitative estimate of drug-likeness (QED) is 0.736. The molecular formula is C15H26O2Si. The van der Waals surface area contributed by atoms with Gasteiger partial charge in [0.15, 0.2) is 8.32 Å². The molecule has 0 amide bonds. The lowest BCUT2D eigenvalue weighted by atomic mass is 10.1. The minimum Gasteiger partial charge on any atom is -0.414 e. The maximum absolute atomic E-state index is 6.22. The van der Waals surface area contributed by atoms with Crippen LogP contribution in [0.5, 0.6) is 0 Å². The van der Waals surface area contributed by atoms with E-state index in [1.165, 1.54) is 5.56 Å². The van der Waals surface area contributed by atoms with Crippen molar-refractivity contribution in [2.24, 2.45) is 0 Å². The number of methoxy groups -OCH3 is 1. The van der Waals surface area contributed by atoms with Crippen LogP contribution in [-0.4, -0.2) is 22.0 Å². The average molecular weight is 266 g/mol. The molecule has 0 fully saturated rings. The second-order valence-electron chi connectivity index (χ2n) is 6.21. The van der Waals surface area contributed by atoms with Gasteiger partial charge in [-0.25, -0.2) is 0 Å². The van der Waals surface area contributed by atoms with E-state index in [0.29, 0.717) is 6.61 Å². The summed E-state index contributed by atoms with van der Waals surface area (Å²) in [5.41, 5.74) is 1.18. The lowest BCUT2D eigenvalue weighted by Gasteiger charge is -2.37. The Morgan fingerprint density at radius 1 is 1.11 bits per heavy atom. The Morgan fingerprint density at radius 3 is 2.11 bits per heavy atom. The minimum absolute atomic E-state index is 0.0281. The summed E-state index contributed by atoms with van der Waals surface area (Å²) in [6, 6.07) is 10.3. The average Bonchev–Trinajstić information content (AvgIpc) is 2.29. The van der Waals surface area contributed by atoms with Crippen molar-refractivity contribution >= 4 is 8.32 Å². The van der Waals surface area contributed by atoms with Crippen molar-refractivity contribution in [3.8, 4) is 0 Å². The van der Waals surface area contributed by atoms with Crippen LogP contribution in [0.1, 0.15) is 32.4 Å². The van der Waals surface area contributed by atoms with Crippen LogP contribution in [0.25, 0.3) is 0 Å². The largest absolute Gasteiger partial charge is 0.414 e. The van der Waals surface area contributed by atoms with Crippen molar-refractivity contribution in [3.05, 3.63) is 35.9 Å². The van der Waals surface area contributed by atoms with E-state index < -0.39 is 8.32 Å². The van der Waals surface area contributed by atoms with Crippen LogP contribution in [0.2, 0.25) is 18.1 Å². The van der Waals surface area contributed by atoms with Crippen LogP contribution < -0.4 is 0 Å². The third-order valence-electron chi connectivity index (χ3n) is 3.86. The first kappa shape index (κ1) is 15.4. The summed E-state index contributed by atoms with van der Waals surface area (Å²) in [5.74, 6) is 0. The molecule has 0 radical (unpaired) electrons. The molecule has 1 aromatic carbocycles. The first-order chi connectivity index (χ1) is 8.28. The van der Waals surface area contributed by atoms with E-state index in [1.54, 1.807) is 7.11 Å². The van der Waals surface area contributed by atoms with Crippen molar-refractivity contribution in [3.63, 3.8) is 0 Å². The fraction of sp³-hybridized carbons (Fsp3) is 0.600. The van der Waals surface area contributed by atoms with Crippen LogP contribution in [0.3, 0.4) is 0 Å². The second-order valence-corrected chi connectivity index (χ2v) is 11.0. The monoisotopic (exact) mass is 266 g/mol. The molecule has 0 saturated heterocycles. The maximum atomic E-state index is 6.22. The highest BCUT2D eigenvalue weighted by Crippen LogP contribution is 2.37. The van der Waals surface area contributed by atoms with Gasteiger partial charge in [0.2, 0.25) is 0 Å². The molecular weight excluding hydrogens is 240 g/mol. The van der Waals surface area contributed by atoms with E-state index in [0.717, 1.165) is 0 Å². The molecule has 102 valence electrons. The Labute approximate surface area is 112 Å². The first-order valence-corrected chi connectivity index (χ1v) is 9.40. The topological polar surface area (TPSA) is 18.5 Å². The van der Waals surface area contributed by atoms with Gasteiger partial charge < -0.3 is 9.16 Å². The van der Waals surface area contributed by atoms with Crippen molar-refractivity contribution in [2.45, 2.75) is 45.0 Å². The number of rotatable bonds is 5. The fourth-order valence-corrected chi connectivity index (χ4v) is 2.47. The molecule has 0 spiro atoms. The molecule has 0 aliphatic carbocycles. The third-order valence-corrected chi connectivity index (χ3v) is 8.36. The van der Waals surface area contributed by atoms with E-state index in [1.807, 2.05) is 18.2 Å².